The van der Waals surface area contributed by atoms with Crippen LogP contribution in [0.3, 0.4) is 0 Å². The van der Waals surface area contributed by atoms with Crippen LogP contribution in [-0.4, -0.2) is 49.3 Å². The van der Waals surface area contributed by atoms with Crippen molar-refractivity contribution in [1.82, 2.24) is 5.32 Å². The lowest BCUT2D eigenvalue weighted by Gasteiger charge is -2.24. The molecule has 1 unspecified atom stereocenters. The molecule has 0 aromatic heterocycles. The fourth-order valence-electron chi connectivity index (χ4n) is 4.33. The van der Waals surface area contributed by atoms with Gasteiger partial charge in [0.2, 0.25) is 0 Å². The minimum absolute atomic E-state index is 0.260. The van der Waals surface area contributed by atoms with Crippen LogP contribution >= 0.6 is 0 Å². The number of nitrogens with two attached hydrogens (primary N) is 1. The lowest BCUT2D eigenvalue weighted by molar-refractivity contribution is 0.123. The Morgan fingerprint density at radius 2 is 1.03 bits per heavy atom. The summed E-state index contributed by atoms with van der Waals surface area (Å²) in [4.78, 5) is 0. The normalized spacial score (nSPS) is 13.0. The fourth-order valence-corrected chi connectivity index (χ4v) is 6.05. The summed E-state index contributed by atoms with van der Waals surface area (Å²) in [7, 11) is 2.58. The molecule has 0 saturated carbocycles. The molecule has 0 spiro atoms. The molecule has 0 aliphatic heterocycles. The Labute approximate surface area is 202 Å². The maximum Gasteiger partial charge on any atom is 0.500 e. The summed E-state index contributed by atoms with van der Waals surface area (Å²) in [5, 5.41) is 3.47. The Kier molecular flexibility index (Phi) is 24.2. The summed E-state index contributed by atoms with van der Waals surface area (Å²) in [5.41, 5.74) is 6.25. The van der Waals surface area contributed by atoms with E-state index in [2.05, 4.69) is 12.2 Å². The molecule has 0 aliphatic carbocycles. The van der Waals surface area contributed by atoms with E-state index in [-0.39, 0.29) is 6.04 Å². The molecule has 3 N–H and O–H groups in total. The Hall–Kier alpha value is 0.0169. The Bertz CT molecular complexity index is 363. The minimum Gasteiger partial charge on any atom is -0.377 e. The van der Waals surface area contributed by atoms with Crippen LogP contribution < -0.4 is 11.1 Å². The van der Waals surface area contributed by atoms with E-state index in [9.17, 15) is 0 Å². The van der Waals surface area contributed by atoms with Gasteiger partial charge in [-0.15, -0.1) is 0 Å². The van der Waals surface area contributed by atoms with E-state index in [0.29, 0.717) is 0 Å². The summed E-state index contributed by atoms with van der Waals surface area (Å²) >= 11 is 0. The molecule has 0 radical (unpaired) electrons. The van der Waals surface area contributed by atoms with Crippen molar-refractivity contribution in [2.24, 2.45) is 5.73 Å². The van der Waals surface area contributed by atoms with Crippen LogP contribution in [0.1, 0.15) is 122 Å². The molecule has 0 aromatic carbocycles. The summed E-state index contributed by atoms with van der Waals surface area (Å²) in [6.07, 6.45) is 24.7. The molecule has 0 saturated heterocycles. The van der Waals surface area contributed by atoms with Gasteiger partial charge < -0.3 is 24.3 Å². The summed E-state index contributed by atoms with van der Waals surface area (Å²) < 4.78 is 16.3. The van der Waals surface area contributed by atoms with E-state index >= 15 is 0 Å². The summed E-state index contributed by atoms with van der Waals surface area (Å²) in [6, 6.07) is 1.09. The maximum absolute atomic E-state index is 6.25. The van der Waals surface area contributed by atoms with Gasteiger partial charge in [0.15, 0.2) is 0 Å². The molecule has 194 valence electrons. The first-order valence-electron chi connectivity index (χ1n) is 13.8. The quantitative estimate of drug-likeness (QED) is 0.106. The second-order valence-corrected chi connectivity index (χ2v) is 12.5. The standard InChI is InChI=1S/C26H58N2O3Si/c1-5-6-7-8-9-10-11-12-13-14-15-16-17-18-19-20-22-26(27)25-28-23-21-24-32(29-2,30-3)31-4/h26,28H,5-25,27H2,1-4H3. The highest BCUT2D eigenvalue weighted by atomic mass is 28.4. The number of hydrogen-bond acceptors (Lipinski definition) is 5. The van der Waals surface area contributed by atoms with Crippen molar-refractivity contribution in [2.75, 3.05) is 34.4 Å². The molecule has 0 bridgehead atoms. The van der Waals surface area contributed by atoms with Gasteiger partial charge in [-0.1, -0.05) is 110 Å². The van der Waals surface area contributed by atoms with E-state index in [1.807, 2.05) is 0 Å². The monoisotopic (exact) mass is 474 g/mol. The van der Waals surface area contributed by atoms with Gasteiger partial charge in [0.05, 0.1) is 0 Å². The van der Waals surface area contributed by atoms with Crippen LogP contribution in [0.2, 0.25) is 6.04 Å². The first-order chi connectivity index (χ1) is 15.6. The molecule has 6 heteroatoms. The third-order valence-corrected chi connectivity index (χ3v) is 9.44. The van der Waals surface area contributed by atoms with E-state index in [1.54, 1.807) is 21.3 Å². The van der Waals surface area contributed by atoms with E-state index in [4.69, 9.17) is 19.0 Å². The van der Waals surface area contributed by atoms with Gasteiger partial charge in [-0.25, -0.2) is 0 Å². The van der Waals surface area contributed by atoms with Crippen molar-refractivity contribution < 1.29 is 13.3 Å². The largest absolute Gasteiger partial charge is 0.500 e. The smallest absolute Gasteiger partial charge is 0.377 e. The minimum atomic E-state index is -2.42. The van der Waals surface area contributed by atoms with E-state index in [0.717, 1.165) is 32.0 Å². The average molecular weight is 475 g/mol. The molecule has 32 heavy (non-hydrogen) atoms. The van der Waals surface area contributed by atoms with Gasteiger partial charge >= 0.3 is 8.80 Å². The molecule has 0 rings (SSSR count). The topological polar surface area (TPSA) is 65.7 Å². The van der Waals surface area contributed by atoms with Crippen LogP contribution in [0.25, 0.3) is 0 Å². The number of hydrogen-bond donors (Lipinski definition) is 2. The number of rotatable bonds is 26. The van der Waals surface area contributed by atoms with Crippen LogP contribution in [0.4, 0.5) is 0 Å². The van der Waals surface area contributed by atoms with Crippen LogP contribution in [0, 0.1) is 0 Å². The van der Waals surface area contributed by atoms with E-state index < -0.39 is 8.80 Å². The van der Waals surface area contributed by atoms with Crippen molar-refractivity contribution in [2.45, 2.75) is 135 Å². The molecule has 1 atom stereocenters. The zero-order chi connectivity index (χ0) is 23.8. The van der Waals surface area contributed by atoms with Crippen molar-refractivity contribution >= 4 is 8.80 Å². The van der Waals surface area contributed by atoms with E-state index in [1.165, 1.54) is 103 Å². The molecular weight excluding hydrogens is 416 g/mol. The van der Waals surface area contributed by atoms with Crippen molar-refractivity contribution in [3.05, 3.63) is 0 Å². The van der Waals surface area contributed by atoms with Crippen LogP contribution in [-0.2, 0) is 13.3 Å². The van der Waals surface area contributed by atoms with Crippen molar-refractivity contribution in [3.8, 4) is 0 Å². The lowest BCUT2D eigenvalue weighted by atomic mass is 10.0. The first kappa shape index (κ1) is 32.0. The first-order valence-corrected chi connectivity index (χ1v) is 15.7. The molecule has 0 heterocycles. The number of nitrogens with one attached hydrogen (secondary N) is 1. The molecule has 0 aromatic rings. The van der Waals surface area contributed by atoms with Gasteiger partial charge in [-0.05, 0) is 19.4 Å². The van der Waals surface area contributed by atoms with Crippen molar-refractivity contribution in [1.29, 1.82) is 0 Å². The van der Waals surface area contributed by atoms with Crippen LogP contribution in [0.15, 0.2) is 0 Å². The second-order valence-electron chi connectivity index (χ2n) is 9.46. The third-order valence-electron chi connectivity index (χ3n) is 6.60. The van der Waals surface area contributed by atoms with Crippen LogP contribution in [0.5, 0.6) is 0 Å². The van der Waals surface area contributed by atoms with Crippen molar-refractivity contribution in [3.63, 3.8) is 0 Å². The highest BCUT2D eigenvalue weighted by Crippen LogP contribution is 2.15. The molecule has 0 fully saturated rings. The molecule has 5 nitrogen and oxygen atoms in total. The SMILES string of the molecule is CCCCCCCCCCCCCCCCCCC(N)CNCCC[Si](OC)(OC)OC. The highest BCUT2D eigenvalue weighted by Gasteiger charge is 2.36. The van der Waals surface area contributed by atoms with Gasteiger partial charge in [-0.3, -0.25) is 0 Å². The summed E-state index contributed by atoms with van der Waals surface area (Å²) in [6.45, 7) is 4.11. The molecular formula is C26H58N2O3Si. The lowest BCUT2D eigenvalue weighted by Crippen LogP contribution is -2.43. The maximum atomic E-state index is 6.25. The number of unbranched alkanes of at least 4 members (excludes halogenated alkanes) is 15. The van der Waals surface area contributed by atoms with Gasteiger partial charge in [0.1, 0.15) is 0 Å². The Morgan fingerprint density at radius 3 is 1.44 bits per heavy atom. The van der Waals surface area contributed by atoms with Gasteiger partial charge in [0.25, 0.3) is 0 Å². The molecule has 0 aliphatic rings. The Morgan fingerprint density at radius 1 is 0.625 bits per heavy atom. The van der Waals surface area contributed by atoms with Gasteiger partial charge in [-0.2, -0.15) is 0 Å². The average Bonchev–Trinajstić information content (AvgIpc) is 2.81. The van der Waals surface area contributed by atoms with Gasteiger partial charge in [0, 0.05) is 40.0 Å². The summed E-state index contributed by atoms with van der Waals surface area (Å²) in [5.74, 6) is 0. The second kappa shape index (κ2) is 24.2. The highest BCUT2D eigenvalue weighted by molar-refractivity contribution is 6.60. The predicted octanol–water partition coefficient (Wildman–Crippen LogP) is 6.82. The fraction of sp³-hybridized carbons (Fsp3) is 1.00. The third kappa shape index (κ3) is 19.5. The zero-order valence-electron chi connectivity index (χ0n) is 22.2. The molecule has 0 amide bonds. The Balaban J connectivity index is 3.30. The predicted molar refractivity (Wildman–Crippen MR) is 141 cm³/mol. The zero-order valence-corrected chi connectivity index (χ0v) is 23.2.